The lowest BCUT2D eigenvalue weighted by atomic mass is 9.85. The molecule has 0 radical (unpaired) electrons. The summed E-state index contributed by atoms with van der Waals surface area (Å²) in [6.07, 6.45) is 6.21. The lowest BCUT2D eigenvalue weighted by Gasteiger charge is -2.35. The number of carbonyl (C=O) groups excluding carboxylic acids is 1. The van der Waals surface area contributed by atoms with Crippen molar-refractivity contribution in [3.05, 3.63) is 59.0 Å². The van der Waals surface area contributed by atoms with Crippen molar-refractivity contribution in [3.8, 4) is 11.5 Å². The van der Waals surface area contributed by atoms with Crippen molar-refractivity contribution in [2.24, 2.45) is 10.9 Å². The normalized spacial score (nSPS) is 22.6. The molecule has 0 unspecified atom stereocenters. The maximum atomic E-state index is 13.6. The second-order valence-corrected chi connectivity index (χ2v) is 9.68. The van der Waals surface area contributed by atoms with Gasteiger partial charge in [0.15, 0.2) is 23.3 Å². The quantitative estimate of drug-likeness (QED) is 0.472. The van der Waals surface area contributed by atoms with Crippen LogP contribution in [-0.2, 0) is 9.59 Å². The zero-order valence-electron chi connectivity index (χ0n) is 20.0. The number of carbonyl (C=O) groups is 2. The largest absolute Gasteiger partial charge is 0.490 e. The molecule has 1 aliphatic heterocycles. The van der Waals surface area contributed by atoms with Gasteiger partial charge in [0.1, 0.15) is 0 Å². The molecule has 1 saturated carbocycles. The molecule has 2 aromatic rings. The summed E-state index contributed by atoms with van der Waals surface area (Å²) in [4.78, 5) is 31.9. The van der Waals surface area contributed by atoms with Crippen LogP contribution in [0.4, 0.5) is 5.69 Å². The first-order valence-corrected chi connectivity index (χ1v) is 12.8. The number of hydrogen-bond acceptors (Lipinski definition) is 6. The summed E-state index contributed by atoms with van der Waals surface area (Å²) in [6.45, 7) is 4.01. The number of thioether (sulfide) groups is 1. The number of rotatable bonds is 8. The molecule has 2 aromatic carbocycles. The maximum Gasteiger partial charge on any atom is 0.341 e. The number of benzene rings is 2. The number of amidine groups is 1. The van der Waals surface area contributed by atoms with E-state index in [9.17, 15) is 9.59 Å². The van der Waals surface area contributed by atoms with Crippen molar-refractivity contribution < 1.29 is 24.2 Å². The molecule has 1 aliphatic carbocycles. The molecule has 2 fully saturated rings. The van der Waals surface area contributed by atoms with E-state index in [1.807, 2.05) is 48.2 Å². The molecule has 0 spiro atoms. The topological polar surface area (TPSA) is 88.4 Å². The van der Waals surface area contributed by atoms with E-state index in [2.05, 4.69) is 6.92 Å². The Labute approximate surface area is 209 Å². The molecule has 1 N–H and O–H groups in total. The Balaban J connectivity index is 1.67. The van der Waals surface area contributed by atoms with E-state index in [1.165, 1.54) is 18.2 Å². The number of aliphatic imine (C=N–C) groups is 1. The molecule has 8 heteroatoms. The molecule has 1 amide bonds. The van der Waals surface area contributed by atoms with E-state index in [-0.39, 0.29) is 11.9 Å². The Bertz CT molecular complexity index is 1130. The number of amides is 1. The first-order valence-electron chi connectivity index (χ1n) is 11.9. The van der Waals surface area contributed by atoms with Crippen molar-refractivity contribution in [2.75, 3.05) is 13.2 Å². The fraction of sp³-hybridized carbons (Fsp3) is 0.370. The van der Waals surface area contributed by atoms with Crippen molar-refractivity contribution in [1.29, 1.82) is 0 Å². The van der Waals surface area contributed by atoms with Gasteiger partial charge in [0.25, 0.3) is 5.91 Å². The van der Waals surface area contributed by atoms with Gasteiger partial charge in [-0.25, -0.2) is 9.79 Å². The van der Waals surface area contributed by atoms with Crippen LogP contribution in [0, 0.1) is 5.92 Å². The number of para-hydroxylation sites is 1. The molecule has 0 bridgehead atoms. The van der Waals surface area contributed by atoms with Crippen LogP contribution in [-0.4, -0.2) is 46.3 Å². The number of carboxylic acids is 1. The minimum absolute atomic E-state index is 0.0346. The molecule has 184 valence electrons. The van der Waals surface area contributed by atoms with Crippen LogP contribution in [0.3, 0.4) is 0 Å². The minimum Gasteiger partial charge on any atom is -0.490 e. The van der Waals surface area contributed by atoms with Gasteiger partial charge in [-0.1, -0.05) is 44.0 Å². The second kappa shape index (κ2) is 11.4. The van der Waals surface area contributed by atoms with Gasteiger partial charge < -0.3 is 14.6 Å². The van der Waals surface area contributed by atoms with Crippen LogP contribution in [0.25, 0.3) is 6.08 Å². The van der Waals surface area contributed by atoms with Crippen LogP contribution < -0.4 is 9.47 Å². The second-order valence-electron chi connectivity index (χ2n) is 8.67. The summed E-state index contributed by atoms with van der Waals surface area (Å²) in [6, 6.07) is 15.1. The summed E-state index contributed by atoms with van der Waals surface area (Å²) < 4.78 is 11.0. The molecular weight excluding hydrogens is 464 g/mol. The molecule has 0 aromatic heterocycles. The first kappa shape index (κ1) is 24.9. The summed E-state index contributed by atoms with van der Waals surface area (Å²) in [7, 11) is 0. The van der Waals surface area contributed by atoms with Crippen LogP contribution in [0.2, 0.25) is 0 Å². The molecule has 2 aliphatic rings. The van der Waals surface area contributed by atoms with Gasteiger partial charge in [0.05, 0.1) is 17.2 Å². The zero-order chi connectivity index (χ0) is 24.8. The standard InChI is InChI=1S/C27H30N2O5S/c1-3-33-23-15-19(13-14-22(23)34-17-25(30)31)16-24-26(32)29(21-12-8-7-9-18(21)2)27(35-24)28-20-10-5-4-6-11-20/h4-6,10-11,13-16,18,21H,3,7-9,12,17H2,1-2H3,(H,30,31)/b24-16-,28-27?/t18-,21-/m1/s1. The van der Waals surface area contributed by atoms with Crippen molar-refractivity contribution >= 4 is 40.6 Å². The maximum absolute atomic E-state index is 13.6. The third-order valence-corrected chi connectivity index (χ3v) is 7.12. The predicted molar refractivity (Wildman–Crippen MR) is 138 cm³/mol. The van der Waals surface area contributed by atoms with Gasteiger partial charge in [0, 0.05) is 6.04 Å². The number of ether oxygens (including phenoxy) is 2. The Morgan fingerprint density at radius 2 is 1.91 bits per heavy atom. The van der Waals surface area contributed by atoms with E-state index >= 15 is 0 Å². The smallest absolute Gasteiger partial charge is 0.341 e. The summed E-state index contributed by atoms with van der Waals surface area (Å²) in [5, 5.41) is 9.63. The first-order chi connectivity index (χ1) is 17.0. The fourth-order valence-corrected chi connectivity index (χ4v) is 5.49. The number of nitrogens with zero attached hydrogens (tertiary/aromatic N) is 2. The molecule has 35 heavy (non-hydrogen) atoms. The van der Waals surface area contributed by atoms with E-state index in [0.29, 0.717) is 34.1 Å². The van der Waals surface area contributed by atoms with Gasteiger partial charge in [-0.05, 0) is 73.4 Å². The summed E-state index contributed by atoms with van der Waals surface area (Å²) in [5.74, 6) is 0.102. The van der Waals surface area contributed by atoms with Crippen LogP contribution in [0.1, 0.15) is 45.1 Å². The lowest BCUT2D eigenvalue weighted by molar-refractivity contribution is -0.139. The van der Waals surface area contributed by atoms with Crippen molar-refractivity contribution in [3.63, 3.8) is 0 Å². The van der Waals surface area contributed by atoms with Crippen LogP contribution >= 0.6 is 11.8 Å². The van der Waals surface area contributed by atoms with Crippen LogP contribution in [0.5, 0.6) is 11.5 Å². The predicted octanol–water partition coefficient (Wildman–Crippen LogP) is 5.73. The fourth-order valence-electron chi connectivity index (χ4n) is 4.44. The molecule has 1 heterocycles. The summed E-state index contributed by atoms with van der Waals surface area (Å²) >= 11 is 1.39. The monoisotopic (exact) mass is 494 g/mol. The number of hydrogen-bond donors (Lipinski definition) is 1. The molecule has 1 saturated heterocycles. The van der Waals surface area contributed by atoms with E-state index < -0.39 is 12.6 Å². The molecule has 4 rings (SSSR count). The summed E-state index contributed by atoms with van der Waals surface area (Å²) in [5.41, 5.74) is 1.58. The highest BCUT2D eigenvalue weighted by Crippen LogP contribution is 2.40. The Morgan fingerprint density at radius 3 is 2.63 bits per heavy atom. The van der Waals surface area contributed by atoms with Gasteiger partial charge >= 0.3 is 5.97 Å². The minimum atomic E-state index is -1.06. The van der Waals surface area contributed by atoms with Crippen molar-refractivity contribution in [1.82, 2.24) is 4.90 Å². The molecule has 7 nitrogen and oxygen atoms in total. The van der Waals surface area contributed by atoms with Gasteiger partial charge in [-0.2, -0.15) is 0 Å². The Morgan fingerprint density at radius 1 is 1.14 bits per heavy atom. The highest BCUT2D eigenvalue weighted by atomic mass is 32.2. The third kappa shape index (κ3) is 6.06. The van der Waals surface area contributed by atoms with Gasteiger partial charge in [0.2, 0.25) is 0 Å². The highest BCUT2D eigenvalue weighted by molar-refractivity contribution is 8.18. The average Bonchev–Trinajstić information content (AvgIpc) is 3.14. The van der Waals surface area contributed by atoms with Crippen LogP contribution in [0.15, 0.2) is 58.4 Å². The number of carboxylic acid groups (broad SMARTS) is 1. The Kier molecular flexibility index (Phi) is 8.13. The third-order valence-electron chi connectivity index (χ3n) is 6.13. The molecule has 2 atom stereocenters. The van der Waals surface area contributed by atoms with Gasteiger partial charge in [-0.3, -0.25) is 9.69 Å². The van der Waals surface area contributed by atoms with Crippen molar-refractivity contribution in [2.45, 2.75) is 45.6 Å². The highest BCUT2D eigenvalue weighted by Gasteiger charge is 2.41. The van der Waals surface area contributed by atoms with E-state index in [4.69, 9.17) is 19.6 Å². The van der Waals surface area contributed by atoms with Gasteiger partial charge in [-0.15, -0.1) is 0 Å². The van der Waals surface area contributed by atoms with E-state index in [0.717, 1.165) is 30.5 Å². The lowest BCUT2D eigenvalue weighted by Crippen LogP contribution is -2.44. The zero-order valence-corrected chi connectivity index (χ0v) is 20.8. The Hall–Kier alpha value is -3.26. The SMILES string of the molecule is CCOc1cc(/C=C2\SC(=Nc3ccccc3)N([C@@H]3CCCC[C@H]3C)C2=O)ccc1OCC(=O)O. The average molecular weight is 495 g/mol. The number of aliphatic carboxylic acids is 1. The molecular formula is C27H30N2O5S. The van der Waals surface area contributed by atoms with E-state index in [1.54, 1.807) is 18.2 Å².